The molecule has 116 valence electrons. The molecular formula is C14H19NO5S. The Morgan fingerprint density at radius 1 is 1.19 bits per heavy atom. The van der Waals surface area contributed by atoms with Crippen molar-refractivity contribution in [1.82, 2.24) is 4.72 Å². The van der Waals surface area contributed by atoms with Gasteiger partial charge < -0.3 is 14.2 Å². The summed E-state index contributed by atoms with van der Waals surface area (Å²) in [6.07, 6.45) is 0.480. The van der Waals surface area contributed by atoms with Gasteiger partial charge in [-0.25, -0.2) is 13.1 Å². The molecule has 2 heterocycles. The average molecular weight is 313 g/mol. The number of hydrogen-bond acceptors (Lipinski definition) is 5. The van der Waals surface area contributed by atoms with Crippen molar-refractivity contribution in [3.05, 3.63) is 35.9 Å². The number of ether oxygens (including phenoxy) is 3. The first kappa shape index (κ1) is 14.9. The summed E-state index contributed by atoms with van der Waals surface area (Å²) in [4.78, 5) is 0. The highest BCUT2D eigenvalue weighted by Crippen LogP contribution is 2.29. The molecule has 1 N–H and O–H groups in total. The smallest absolute Gasteiger partial charge is 0.209 e. The molecule has 0 aliphatic carbocycles. The lowest BCUT2D eigenvalue weighted by Crippen LogP contribution is -2.43. The monoisotopic (exact) mass is 313 g/mol. The molecule has 0 radical (unpaired) electrons. The van der Waals surface area contributed by atoms with Crippen LogP contribution in [0, 0.1) is 0 Å². The molecule has 7 heteroatoms. The van der Waals surface area contributed by atoms with Crippen LogP contribution in [0.15, 0.2) is 30.3 Å². The van der Waals surface area contributed by atoms with E-state index in [0.717, 1.165) is 11.8 Å². The van der Waals surface area contributed by atoms with Gasteiger partial charge in [-0.05, 0) is 5.56 Å². The van der Waals surface area contributed by atoms with Crippen LogP contribution in [0.4, 0.5) is 0 Å². The van der Waals surface area contributed by atoms with Crippen molar-refractivity contribution in [2.24, 2.45) is 0 Å². The van der Waals surface area contributed by atoms with Crippen molar-refractivity contribution in [3.63, 3.8) is 0 Å². The summed E-state index contributed by atoms with van der Waals surface area (Å²) in [5.74, 6) is 0. The van der Waals surface area contributed by atoms with Crippen LogP contribution in [0.3, 0.4) is 0 Å². The quantitative estimate of drug-likeness (QED) is 0.845. The van der Waals surface area contributed by atoms with E-state index < -0.39 is 10.0 Å². The highest BCUT2D eigenvalue weighted by molar-refractivity contribution is 7.88. The van der Waals surface area contributed by atoms with Crippen LogP contribution in [0.1, 0.15) is 5.56 Å². The summed E-state index contributed by atoms with van der Waals surface area (Å²) in [6.45, 7) is 1.23. The number of sulfonamides is 1. The van der Waals surface area contributed by atoms with Gasteiger partial charge in [-0.1, -0.05) is 30.3 Å². The fraction of sp³-hybridized carbons (Fsp3) is 0.571. The molecule has 0 bridgehead atoms. The van der Waals surface area contributed by atoms with E-state index >= 15 is 0 Å². The molecule has 2 fully saturated rings. The highest BCUT2D eigenvalue weighted by Gasteiger charge is 2.49. The van der Waals surface area contributed by atoms with E-state index in [0.29, 0.717) is 19.8 Å². The van der Waals surface area contributed by atoms with Gasteiger partial charge in [0, 0.05) is 0 Å². The first-order valence-electron chi connectivity index (χ1n) is 6.89. The fourth-order valence-corrected chi connectivity index (χ4v) is 3.51. The zero-order valence-corrected chi connectivity index (χ0v) is 12.6. The summed E-state index contributed by atoms with van der Waals surface area (Å²) >= 11 is 0. The summed E-state index contributed by atoms with van der Waals surface area (Å²) in [5.41, 5.74) is 1.09. The van der Waals surface area contributed by atoms with Gasteiger partial charge in [-0.15, -0.1) is 0 Å². The van der Waals surface area contributed by atoms with Crippen LogP contribution >= 0.6 is 0 Å². The third-order valence-electron chi connectivity index (χ3n) is 3.68. The van der Waals surface area contributed by atoms with Gasteiger partial charge in [0.1, 0.15) is 18.3 Å². The van der Waals surface area contributed by atoms with E-state index in [-0.39, 0.29) is 24.4 Å². The van der Waals surface area contributed by atoms with Crippen molar-refractivity contribution >= 4 is 10.0 Å². The molecule has 2 aliphatic rings. The predicted molar refractivity (Wildman–Crippen MR) is 76.3 cm³/mol. The lowest BCUT2D eigenvalue weighted by Gasteiger charge is -2.17. The molecule has 2 saturated heterocycles. The molecule has 0 spiro atoms. The Morgan fingerprint density at radius 3 is 2.62 bits per heavy atom. The topological polar surface area (TPSA) is 73.9 Å². The standard InChI is InChI=1S/C14H19NO5S/c1-21(16,17)15-11-8-19-14-12(9-20-13(11)14)18-7-10-5-3-2-4-6-10/h2-6,11-15H,7-9H2,1H3. The summed E-state index contributed by atoms with van der Waals surface area (Å²) < 4.78 is 42.4. The SMILES string of the molecule is CS(=O)(=O)NC1COC2C(OCc3ccccc3)COC12. The Balaban J connectivity index is 1.56. The number of nitrogens with one attached hydrogen (secondary N) is 1. The van der Waals surface area contributed by atoms with Crippen molar-refractivity contribution < 1.29 is 22.6 Å². The number of fused-ring (bicyclic) bond motifs is 1. The molecule has 1 aromatic rings. The van der Waals surface area contributed by atoms with E-state index in [1.54, 1.807) is 0 Å². The second kappa shape index (κ2) is 6.02. The summed E-state index contributed by atoms with van der Waals surface area (Å²) in [5, 5.41) is 0. The van der Waals surface area contributed by atoms with E-state index in [2.05, 4.69) is 4.72 Å². The number of benzene rings is 1. The maximum atomic E-state index is 11.3. The normalized spacial score (nSPS) is 32.2. The minimum atomic E-state index is -3.27. The maximum absolute atomic E-state index is 11.3. The van der Waals surface area contributed by atoms with Crippen LogP contribution in [0.2, 0.25) is 0 Å². The van der Waals surface area contributed by atoms with Crippen LogP contribution in [-0.2, 0) is 30.8 Å². The van der Waals surface area contributed by atoms with Crippen LogP contribution in [-0.4, -0.2) is 52.2 Å². The minimum absolute atomic E-state index is 0.165. The van der Waals surface area contributed by atoms with Gasteiger partial charge in [0.2, 0.25) is 10.0 Å². The van der Waals surface area contributed by atoms with Gasteiger partial charge in [0.05, 0.1) is 32.1 Å². The lowest BCUT2D eigenvalue weighted by atomic mass is 10.1. The molecule has 0 amide bonds. The maximum Gasteiger partial charge on any atom is 0.209 e. The van der Waals surface area contributed by atoms with Gasteiger partial charge in [0.25, 0.3) is 0 Å². The largest absolute Gasteiger partial charge is 0.371 e. The zero-order chi connectivity index (χ0) is 14.9. The van der Waals surface area contributed by atoms with Crippen molar-refractivity contribution in [2.75, 3.05) is 19.5 Å². The number of hydrogen-bond donors (Lipinski definition) is 1. The summed E-state index contributed by atoms with van der Waals surface area (Å²) in [7, 11) is -3.27. The van der Waals surface area contributed by atoms with Crippen LogP contribution in [0.25, 0.3) is 0 Å². The second-order valence-electron chi connectivity index (χ2n) is 5.43. The van der Waals surface area contributed by atoms with Crippen molar-refractivity contribution in [2.45, 2.75) is 31.0 Å². The van der Waals surface area contributed by atoms with E-state index in [1.165, 1.54) is 0 Å². The zero-order valence-electron chi connectivity index (χ0n) is 11.8. The minimum Gasteiger partial charge on any atom is -0.371 e. The van der Waals surface area contributed by atoms with Gasteiger partial charge >= 0.3 is 0 Å². The van der Waals surface area contributed by atoms with Crippen molar-refractivity contribution in [1.29, 1.82) is 0 Å². The van der Waals surface area contributed by atoms with E-state index in [4.69, 9.17) is 14.2 Å². The Kier molecular flexibility index (Phi) is 4.28. The number of rotatable bonds is 5. The first-order chi connectivity index (χ1) is 10.0. The van der Waals surface area contributed by atoms with Gasteiger partial charge in [0.15, 0.2) is 0 Å². The molecule has 4 unspecified atom stereocenters. The second-order valence-corrected chi connectivity index (χ2v) is 7.21. The van der Waals surface area contributed by atoms with Gasteiger partial charge in [-0.2, -0.15) is 0 Å². The average Bonchev–Trinajstić information content (AvgIpc) is 3.00. The van der Waals surface area contributed by atoms with Crippen LogP contribution < -0.4 is 4.72 Å². The third-order valence-corrected chi connectivity index (χ3v) is 4.41. The molecule has 3 rings (SSSR count). The third kappa shape index (κ3) is 3.61. The van der Waals surface area contributed by atoms with E-state index in [9.17, 15) is 8.42 Å². The molecule has 0 aromatic heterocycles. The first-order valence-corrected chi connectivity index (χ1v) is 8.78. The predicted octanol–water partition coefficient (Wildman–Crippen LogP) is 0.287. The van der Waals surface area contributed by atoms with Gasteiger partial charge in [-0.3, -0.25) is 0 Å². The molecule has 2 aliphatic heterocycles. The Hall–Kier alpha value is -0.990. The van der Waals surface area contributed by atoms with Crippen molar-refractivity contribution in [3.8, 4) is 0 Å². The molecule has 0 saturated carbocycles. The van der Waals surface area contributed by atoms with E-state index in [1.807, 2.05) is 30.3 Å². The van der Waals surface area contributed by atoms with Crippen LogP contribution in [0.5, 0.6) is 0 Å². The molecule has 21 heavy (non-hydrogen) atoms. The highest BCUT2D eigenvalue weighted by atomic mass is 32.2. The molecule has 6 nitrogen and oxygen atoms in total. The molecule has 4 atom stereocenters. The summed E-state index contributed by atoms with van der Waals surface area (Å²) in [6, 6.07) is 9.54. The Morgan fingerprint density at radius 2 is 1.90 bits per heavy atom. The Labute approximate surface area is 124 Å². The molecule has 1 aromatic carbocycles. The lowest BCUT2D eigenvalue weighted by molar-refractivity contribution is -0.0391. The fourth-order valence-electron chi connectivity index (χ4n) is 2.76. The Bertz CT molecular complexity index is 576. The molecular weight excluding hydrogens is 294 g/mol.